The fraction of sp³-hybridized carbons (Fsp3) is 0.722. The third kappa shape index (κ3) is 19.6. The van der Waals surface area contributed by atoms with Crippen molar-refractivity contribution in [3.05, 3.63) is 47.0 Å². The number of ether oxygens (including phenoxy) is 1. The van der Waals surface area contributed by atoms with Crippen LogP contribution in [0.3, 0.4) is 0 Å². The Morgan fingerprint density at radius 3 is 1.88 bits per heavy atom. The van der Waals surface area contributed by atoms with Crippen molar-refractivity contribution in [1.29, 1.82) is 0 Å². The average molecular weight is 1480 g/mol. The van der Waals surface area contributed by atoms with Crippen molar-refractivity contribution in [2.45, 2.75) is 228 Å². The quantitative estimate of drug-likeness (QED) is 0.183. The van der Waals surface area contributed by atoms with Crippen LogP contribution in [0.25, 0.3) is 0 Å². The number of hydrogen-bond acceptors (Lipinski definition) is 13. The molecule has 2 bridgehead atoms. The summed E-state index contributed by atoms with van der Waals surface area (Å²) in [4.78, 5) is 190. The van der Waals surface area contributed by atoms with Crippen LogP contribution in [-0.4, -0.2) is 270 Å². The minimum Gasteiger partial charge on any atom is -0.377 e. The molecule has 0 radical (unpaired) electrons. The van der Waals surface area contributed by atoms with Crippen molar-refractivity contribution >= 4 is 70.9 Å². The lowest BCUT2D eigenvalue weighted by Crippen LogP contribution is -2.68. The molecule has 25 nitrogen and oxygen atoms in total. The zero-order chi connectivity index (χ0) is 77.2. The Bertz CT molecular complexity index is 3340. The minimum atomic E-state index is -5.44. The van der Waals surface area contributed by atoms with Crippen LogP contribution in [0.4, 0.5) is 30.7 Å². The first-order chi connectivity index (χ1) is 48.8. The van der Waals surface area contributed by atoms with E-state index in [9.17, 15) is 50.7 Å². The van der Waals surface area contributed by atoms with Gasteiger partial charge in [0.2, 0.25) is 76.8 Å². The van der Waals surface area contributed by atoms with E-state index in [1.165, 1.54) is 71.1 Å². The largest absolute Gasteiger partial charge is 0.422 e. The molecule has 3 aliphatic carbocycles. The van der Waals surface area contributed by atoms with E-state index in [0.29, 0.717) is 50.7 Å². The van der Waals surface area contributed by atoms with Crippen molar-refractivity contribution in [3.63, 3.8) is 0 Å². The monoisotopic (exact) mass is 1480 g/mol. The first-order valence-corrected chi connectivity index (χ1v) is 36.3. The van der Waals surface area contributed by atoms with Crippen molar-refractivity contribution < 1.29 is 93.0 Å². The second-order valence-electron chi connectivity index (χ2n) is 29.4. The molecule has 0 aromatic heterocycles. The summed E-state index contributed by atoms with van der Waals surface area (Å²) >= 11 is 0. The molecule has 2 saturated heterocycles. The summed E-state index contributed by atoms with van der Waals surface area (Å²) in [6.45, 7) is 4.86. The molecule has 3 saturated carbocycles. The van der Waals surface area contributed by atoms with Crippen LogP contribution in [0.2, 0.25) is 0 Å². The topological polar surface area (TPSA) is 279 Å². The van der Waals surface area contributed by atoms with Gasteiger partial charge >= 0.3 is 6.18 Å². The number of carbonyl (C=O) groups is 12. The highest BCUT2D eigenvalue weighted by Gasteiger charge is 2.54. The van der Waals surface area contributed by atoms with Gasteiger partial charge < -0.3 is 64.8 Å². The number of nitrogens with one attached hydrogen (secondary N) is 3. The third-order valence-corrected chi connectivity index (χ3v) is 22.1. The molecule has 3 N–H and O–H groups in total. The summed E-state index contributed by atoms with van der Waals surface area (Å²) in [5.74, 6) is -18.1. The maximum Gasteiger partial charge on any atom is 0.422 e. The molecule has 12 amide bonds. The Labute approximate surface area is 603 Å². The zero-order valence-corrected chi connectivity index (χ0v) is 61.9. The van der Waals surface area contributed by atoms with Gasteiger partial charge in [-0.1, -0.05) is 52.2 Å². The molecule has 3 heterocycles. The molecular weight excluding hydrogens is 1370 g/mol. The van der Waals surface area contributed by atoms with Gasteiger partial charge in [0.05, 0.1) is 25.6 Å². The number of benzene rings is 1. The van der Waals surface area contributed by atoms with Crippen LogP contribution in [0.15, 0.2) is 24.3 Å². The summed E-state index contributed by atoms with van der Waals surface area (Å²) in [5.41, 5.74) is -4.23. The smallest absolute Gasteiger partial charge is 0.377 e. The number of carbonyl (C=O) groups excluding carboxylic acids is 12. The van der Waals surface area contributed by atoms with Gasteiger partial charge in [0, 0.05) is 95.3 Å². The van der Waals surface area contributed by atoms with E-state index in [1.54, 1.807) is 39.8 Å². The minimum absolute atomic E-state index is 0.00403. The van der Waals surface area contributed by atoms with Gasteiger partial charge in [-0.3, -0.25) is 57.5 Å². The molecular formula is C72H105F7N12O13. The van der Waals surface area contributed by atoms with Crippen LogP contribution in [-0.2, 0) is 74.9 Å². The fourth-order valence-electron chi connectivity index (χ4n) is 15.4. The van der Waals surface area contributed by atoms with Crippen molar-refractivity contribution in [3.8, 4) is 0 Å². The van der Waals surface area contributed by atoms with E-state index in [1.807, 2.05) is 0 Å². The van der Waals surface area contributed by atoms with Gasteiger partial charge in [-0.2, -0.15) is 13.2 Å². The lowest BCUT2D eigenvalue weighted by Gasteiger charge is -2.46. The molecule has 580 valence electrons. The molecule has 0 unspecified atom stereocenters. The van der Waals surface area contributed by atoms with Gasteiger partial charge in [0.15, 0.2) is 0 Å². The number of hydrogen-bond donors (Lipinski definition) is 3. The van der Waals surface area contributed by atoms with E-state index in [0.717, 1.165) is 29.4 Å². The van der Waals surface area contributed by atoms with Crippen LogP contribution in [0, 0.1) is 29.4 Å². The van der Waals surface area contributed by atoms with Gasteiger partial charge in [0.1, 0.15) is 71.1 Å². The summed E-state index contributed by atoms with van der Waals surface area (Å²) in [6, 6.07) is -10.5. The molecule has 1 spiro atoms. The van der Waals surface area contributed by atoms with Crippen molar-refractivity contribution in [2.24, 2.45) is 17.8 Å². The molecule has 3 aliphatic heterocycles. The molecule has 1 aromatic rings. The number of halogens is 7. The summed E-state index contributed by atoms with van der Waals surface area (Å²) in [7, 11) is 10.8. The predicted octanol–water partition coefficient (Wildman–Crippen LogP) is 5.06. The maximum atomic E-state index is 15.4. The van der Waals surface area contributed by atoms with Gasteiger partial charge in [-0.05, 0) is 126 Å². The molecule has 5 fully saturated rings. The van der Waals surface area contributed by atoms with Crippen LogP contribution < -0.4 is 16.0 Å². The van der Waals surface area contributed by atoms with E-state index >= 15 is 37.5 Å². The summed E-state index contributed by atoms with van der Waals surface area (Å²) in [5, 5.41) is 8.28. The lowest BCUT2D eigenvalue weighted by atomic mass is 9.74. The van der Waals surface area contributed by atoms with Gasteiger partial charge in [-0.15, -0.1) is 0 Å². The Kier molecular flexibility index (Phi) is 28.4. The van der Waals surface area contributed by atoms with Crippen LogP contribution in [0.1, 0.15) is 161 Å². The zero-order valence-electron chi connectivity index (χ0n) is 61.9. The van der Waals surface area contributed by atoms with Crippen molar-refractivity contribution in [1.82, 2.24) is 60.0 Å². The number of likely N-dealkylation sites (N-methyl/N-ethyl adjacent to an activating group) is 7. The maximum absolute atomic E-state index is 15.4. The first-order valence-electron chi connectivity index (χ1n) is 36.3. The lowest BCUT2D eigenvalue weighted by molar-refractivity contribution is -0.157. The summed E-state index contributed by atoms with van der Waals surface area (Å²) < 4.78 is 107. The predicted molar refractivity (Wildman–Crippen MR) is 366 cm³/mol. The number of aryl methyl sites for hydroxylation is 1. The van der Waals surface area contributed by atoms with Gasteiger partial charge in [-0.25, -0.2) is 17.6 Å². The van der Waals surface area contributed by atoms with Crippen molar-refractivity contribution in [2.75, 3.05) is 89.2 Å². The van der Waals surface area contributed by atoms with Gasteiger partial charge in [0.25, 0.3) is 0 Å². The second kappa shape index (κ2) is 35.4. The Morgan fingerprint density at radius 2 is 1.32 bits per heavy atom. The number of fused-ring (bicyclic) bond motifs is 3. The normalized spacial score (nSPS) is 28.0. The Balaban J connectivity index is 1.32. The van der Waals surface area contributed by atoms with E-state index in [4.69, 9.17) is 4.74 Å². The molecule has 6 aliphatic rings. The Hall–Kier alpha value is -7.93. The summed E-state index contributed by atoms with van der Waals surface area (Å²) in [6.07, 6.45) is -2.99. The number of alkyl halides is 5. The first kappa shape index (κ1) is 83.3. The fourth-order valence-corrected chi connectivity index (χ4v) is 15.4. The van der Waals surface area contributed by atoms with Crippen LogP contribution >= 0.6 is 0 Å². The second-order valence-corrected chi connectivity index (χ2v) is 29.4. The highest BCUT2D eigenvalue weighted by molar-refractivity contribution is 6.01. The third-order valence-electron chi connectivity index (χ3n) is 22.1. The number of amides is 12. The van der Waals surface area contributed by atoms with Crippen LogP contribution in [0.5, 0.6) is 0 Å². The van der Waals surface area contributed by atoms with E-state index < -0.39 is 223 Å². The molecule has 104 heavy (non-hydrogen) atoms. The molecule has 7 rings (SSSR count). The molecule has 1 aromatic carbocycles. The standard InChI is InChI=1S/C72H105F7N12O13/c1-13-42(4)59-67(101)85(8)41-57(94)87(10)51-24-17-16-20-33-90(66(51)100)54(36-43-27-31-71(75,76)32-28-43)65(99)84(7)40-55(92)80-49(26-25-44-34-47(73)58(48(74)35-44)72(77,78)79)63(97)91-39-46(104-15-3)37-52(91)62(96)82-70(29-21-30-70)69(103)89(12)60(45-22-18-19-23-45)68(102)88(11)53(64(98)83(5)6)38-56(93)86(9)50(14-2)61(95)81-59/h16-17,34-35,42-43,45-46,49-54,59-60H,13-15,18-33,36-41H2,1-12H3,(H,80,92)(H,81,95)(H,82,96)/b17-16-/t42-,46+,49+,50-,51-,52-,53-,54-,59-,60-/m0/s1. The number of rotatable bonds is 12. The highest BCUT2D eigenvalue weighted by Crippen LogP contribution is 2.41. The Morgan fingerprint density at radius 1 is 0.692 bits per heavy atom. The number of nitrogens with zero attached hydrogens (tertiary/aromatic N) is 9. The average Bonchev–Trinajstić information content (AvgIpc) is 1.39. The molecule has 10 atom stereocenters. The SMILES string of the molecule is CCO[C@@H]1C[C@H]2C(=O)NC3(CCC3)C(=O)N(C)[C@@H](C3CCCC3)C(=O)N(C)[C@H](C(=O)N(C)C)CC(=O)N(C)[C@@H](CC)C(=O)N[C@@H]([C@@H](C)CC)C(=O)N(C)CC(=O)N(C)[C@H]3C/C=C\CCN(C3=O)[C@@H](CC3CCC(F)(F)CC3)C(=O)N(C)CC(=O)N[C@H](CCc3cc(F)c(C(F)(F)F)c(F)c3)C(=O)N2C1. The highest BCUT2D eigenvalue weighted by atomic mass is 19.4. The van der Waals surface area contributed by atoms with E-state index in [-0.39, 0.29) is 83.0 Å². The molecule has 32 heteroatoms. The van der Waals surface area contributed by atoms with E-state index in [2.05, 4.69) is 16.0 Å².